The molecule has 11 heteroatoms. The molecule has 0 saturated carbocycles. The molecule has 0 heterocycles. The van der Waals surface area contributed by atoms with Gasteiger partial charge in [-0.1, -0.05) is 36.0 Å². The second-order valence-corrected chi connectivity index (χ2v) is 11.1. The summed E-state index contributed by atoms with van der Waals surface area (Å²) in [6.07, 6.45) is 8.24. The molecule has 0 saturated heterocycles. The van der Waals surface area contributed by atoms with Crippen molar-refractivity contribution in [3.8, 4) is 41.8 Å². The molecule has 0 atom stereocenters. The Morgan fingerprint density at radius 3 is 1.84 bits per heavy atom. The van der Waals surface area contributed by atoms with Crippen LogP contribution in [0.25, 0.3) is 9.69 Å². The van der Waals surface area contributed by atoms with Crippen molar-refractivity contribution in [2.75, 3.05) is 6.54 Å². The molecule has 4 rings (SSSR count). The summed E-state index contributed by atoms with van der Waals surface area (Å²) in [4.78, 5) is 6.81. The number of aryl methyl sites for hydroxylation is 2. The van der Waals surface area contributed by atoms with Crippen LogP contribution in [-0.2, 0) is 12.8 Å². The maximum atomic E-state index is 13.2. The van der Waals surface area contributed by atoms with E-state index in [9.17, 15) is 22.0 Å². The molecular formula is C39H29F5IN3O2. The minimum atomic E-state index is -2.85. The Morgan fingerprint density at radius 2 is 1.28 bits per heavy atom. The van der Waals surface area contributed by atoms with Crippen LogP contribution in [0.1, 0.15) is 47.1 Å². The first-order chi connectivity index (χ1) is 24.1. The Kier molecular flexibility index (Phi) is 18.6. The zero-order valence-electron chi connectivity index (χ0n) is 26.5. The number of alkyl halides is 4. The summed E-state index contributed by atoms with van der Waals surface area (Å²) in [5.41, 5.74) is 4.16. The lowest BCUT2D eigenvalue weighted by atomic mass is 10.0. The summed E-state index contributed by atoms with van der Waals surface area (Å²) in [7, 11) is 0. The van der Waals surface area contributed by atoms with Gasteiger partial charge in [-0.3, -0.25) is 0 Å². The van der Waals surface area contributed by atoms with Crippen molar-refractivity contribution in [3.63, 3.8) is 0 Å². The van der Waals surface area contributed by atoms with Crippen molar-refractivity contribution in [1.29, 1.82) is 5.26 Å². The Balaban J connectivity index is 0.000000291. The summed E-state index contributed by atoms with van der Waals surface area (Å²) >= 11 is 2.09. The lowest BCUT2D eigenvalue weighted by Gasteiger charge is -2.03. The predicted octanol–water partition coefficient (Wildman–Crippen LogP) is 10.6. The predicted molar refractivity (Wildman–Crippen MR) is 190 cm³/mol. The van der Waals surface area contributed by atoms with E-state index in [1.54, 1.807) is 48.5 Å². The third-order valence-corrected chi connectivity index (χ3v) is 7.05. The summed E-state index contributed by atoms with van der Waals surface area (Å²) in [5.74, 6) is 8.44. The largest absolute Gasteiger partial charge is 0.435 e. The number of nitriles is 1. The molecule has 5 nitrogen and oxygen atoms in total. The number of rotatable bonds is 10. The summed E-state index contributed by atoms with van der Waals surface area (Å²) in [5, 5.41) is 8.34. The smallest absolute Gasteiger partial charge is 0.387 e. The number of halogens is 6. The van der Waals surface area contributed by atoms with Crippen LogP contribution in [0.3, 0.4) is 0 Å². The molecule has 4 aromatic rings. The van der Waals surface area contributed by atoms with E-state index < -0.39 is 13.2 Å². The molecule has 0 spiro atoms. The van der Waals surface area contributed by atoms with E-state index in [2.05, 4.69) is 59.5 Å². The molecule has 0 aliphatic carbocycles. The Morgan fingerprint density at radius 1 is 0.740 bits per heavy atom. The third-order valence-electron chi connectivity index (χ3n) is 6.33. The van der Waals surface area contributed by atoms with Crippen LogP contribution < -0.4 is 9.47 Å². The highest BCUT2D eigenvalue weighted by Gasteiger charge is 2.06. The van der Waals surface area contributed by atoms with Gasteiger partial charge in [-0.05, 0) is 120 Å². The van der Waals surface area contributed by atoms with Crippen molar-refractivity contribution >= 4 is 28.3 Å². The first-order valence-electron chi connectivity index (χ1n) is 14.8. The van der Waals surface area contributed by atoms with Gasteiger partial charge in [-0.15, -0.1) is 6.42 Å². The van der Waals surface area contributed by atoms with Crippen LogP contribution in [0, 0.1) is 58.0 Å². The first kappa shape index (κ1) is 40.6. The number of nitrogens with zero attached hydrogens (tertiary/aromatic N) is 3. The van der Waals surface area contributed by atoms with Crippen LogP contribution in [0.15, 0.2) is 84.9 Å². The lowest BCUT2D eigenvalue weighted by Crippen LogP contribution is -2.01. The zero-order chi connectivity index (χ0) is 36.7. The standard InChI is InChI=1S/C20H14F2N2O.C12H10FN.C7H5F2IO/c1-23-13-3-4-17-14-16(9-12-19(17)24-2)6-5-15-7-10-18(11-8-15)25-20(21)22;1-2-10-6-7-12(13)11(9-10)5-3-4-8-14;8-7(9)11-6-3-1-5(10)2-4-6/h7-12,14,20H,3-4,13H2;1,6-7,9H,3-5H2;1-4,7H. The van der Waals surface area contributed by atoms with Gasteiger partial charge in [0.25, 0.3) is 0 Å². The number of unbranched alkanes of at least 4 members (excludes halogenated alkanes) is 1. The fourth-order valence-electron chi connectivity index (χ4n) is 4.02. The van der Waals surface area contributed by atoms with Gasteiger partial charge in [-0.2, -0.15) is 22.8 Å². The molecule has 0 amide bonds. The van der Waals surface area contributed by atoms with Gasteiger partial charge in [0.2, 0.25) is 6.54 Å². The number of terminal acetylenes is 1. The van der Waals surface area contributed by atoms with E-state index in [0.717, 1.165) is 14.7 Å². The third kappa shape index (κ3) is 16.0. The Labute approximate surface area is 302 Å². The van der Waals surface area contributed by atoms with E-state index in [0.29, 0.717) is 61.0 Å². The molecule has 50 heavy (non-hydrogen) atoms. The molecule has 0 aliphatic rings. The normalized spacial score (nSPS) is 9.60. The fourth-order valence-corrected chi connectivity index (χ4v) is 4.37. The number of benzene rings is 4. The molecule has 0 aliphatic heterocycles. The van der Waals surface area contributed by atoms with Crippen LogP contribution in [0.4, 0.5) is 27.6 Å². The molecule has 0 radical (unpaired) electrons. The molecule has 0 aromatic heterocycles. The summed E-state index contributed by atoms with van der Waals surface area (Å²) in [6.45, 7) is 8.86. The number of hydrogen-bond acceptors (Lipinski definition) is 3. The average Bonchev–Trinajstić information content (AvgIpc) is 3.10. The van der Waals surface area contributed by atoms with E-state index >= 15 is 0 Å². The summed E-state index contributed by atoms with van der Waals surface area (Å²) < 4.78 is 70.0. The van der Waals surface area contributed by atoms with Crippen LogP contribution in [0.5, 0.6) is 11.5 Å². The van der Waals surface area contributed by atoms with Crippen molar-refractivity contribution < 1.29 is 31.4 Å². The van der Waals surface area contributed by atoms with Gasteiger partial charge in [0, 0.05) is 33.1 Å². The molecular weight excluding hydrogens is 764 g/mol. The minimum Gasteiger partial charge on any atom is -0.435 e. The molecule has 254 valence electrons. The van der Waals surface area contributed by atoms with Gasteiger partial charge in [-0.25, -0.2) is 15.8 Å². The van der Waals surface area contributed by atoms with Crippen LogP contribution in [-0.4, -0.2) is 19.8 Å². The first-order valence-corrected chi connectivity index (χ1v) is 15.9. The maximum absolute atomic E-state index is 13.2. The van der Waals surface area contributed by atoms with E-state index in [1.807, 2.05) is 12.1 Å². The van der Waals surface area contributed by atoms with Gasteiger partial charge in [0.15, 0.2) is 5.69 Å². The molecule has 0 fully saturated rings. The fraction of sp³-hybridized carbons (Fsp3) is 0.205. The van der Waals surface area contributed by atoms with Gasteiger partial charge in [0.05, 0.1) is 12.6 Å². The second kappa shape index (κ2) is 22.9. The van der Waals surface area contributed by atoms with Crippen molar-refractivity contribution in [3.05, 3.63) is 145 Å². The van der Waals surface area contributed by atoms with Crippen molar-refractivity contribution in [2.45, 2.75) is 45.3 Å². The second-order valence-electron chi connectivity index (χ2n) is 9.89. The monoisotopic (exact) mass is 793 g/mol. The molecule has 0 N–H and O–H groups in total. The highest BCUT2D eigenvalue weighted by molar-refractivity contribution is 14.1. The number of hydrogen-bond donors (Lipinski definition) is 0. The van der Waals surface area contributed by atoms with E-state index in [1.165, 1.54) is 30.3 Å². The molecule has 0 bridgehead atoms. The van der Waals surface area contributed by atoms with Crippen LogP contribution in [0.2, 0.25) is 0 Å². The van der Waals surface area contributed by atoms with Gasteiger partial charge < -0.3 is 14.3 Å². The van der Waals surface area contributed by atoms with Gasteiger partial charge in [0.1, 0.15) is 17.3 Å². The van der Waals surface area contributed by atoms with Gasteiger partial charge >= 0.3 is 13.2 Å². The highest BCUT2D eigenvalue weighted by atomic mass is 127. The maximum Gasteiger partial charge on any atom is 0.387 e. The van der Waals surface area contributed by atoms with Crippen molar-refractivity contribution in [2.24, 2.45) is 0 Å². The summed E-state index contributed by atoms with van der Waals surface area (Å²) in [6, 6.07) is 24.5. The quantitative estimate of drug-likeness (QED) is 0.0528. The minimum absolute atomic E-state index is 0.0871. The lowest BCUT2D eigenvalue weighted by molar-refractivity contribution is -0.0505. The highest BCUT2D eigenvalue weighted by Crippen LogP contribution is 2.22. The molecule has 4 aromatic carbocycles. The van der Waals surface area contributed by atoms with E-state index in [-0.39, 0.29) is 17.3 Å². The van der Waals surface area contributed by atoms with Crippen LogP contribution >= 0.6 is 22.6 Å². The Bertz CT molecular complexity index is 1900. The average molecular weight is 794 g/mol. The SMILES string of the molecule is C#Cc1ccc(F)c(CCCC#N)c1.FC(F)Oc1ccc(I)cc1.[C-]#[N+]CCCc1cc(C#Cc2ccc(OC(F)F)cc2)ccc1[N+]#[C-]. The van der Waals surface area contributed by atoms with Crippen molar-refractivity contribution in [1.82, 2.24) is 0 Å². The zero-order valence-corrected chi connectivity index (χ0v) is 28.6. The number of ether oxygens (including phenoxy) is 2. The Hall–Kier alpha value is -5.55. The molecule has 0 unspecified atom stereocenters. The topological polar surface area (TPSA) is 51.0 Å². The van der Waals surface area contributed by atoms with E-state index in [4.69, 9.17) is 24.8 Å².